The maximum absolute atomic E-state index is 13.2. The van der Waals surface area contributed by atoms with Crippen molar-refractivity contribution in [3.8, 4) is 0 Å². The van der Waals surface area contributed by atoms with Crippen LogP contribution in [0.25, 0.3) is 0 Å². The Kier molecular flexibility index (Phi) is 4.88. The second kappa shape index (κ2) is 6.19. The van der Waals surface area contributed by atoms with Crippen molar-refractivity contribution in [2.45, 2.75) is 6.10 Å². The Balaban J connectivity index is 2.44. The summed E-state index contributed by atoms with van der Waals surface area (Å²) < 4.78 is 13.2. The van der Waals surface area contributed by atoms with Gasteiger partial charge in [-0.25, -0.2) is 4.39 Å². The van der Waals surface area contributed by atoms with Crippen LogP contribution < -0.4 is 10.6 Å². The summed E-state index contributed by atoms with van der Waals surface area (Å²) in [5.74, 6) is -0.627. The van der Waals surface area contributed by atoms with E-state index in [0.717, 1.165) is 0 Å². The minimum Gasteiger partial charge on any atom is -0.387 e. The molecule has 0 heterocycles. The van der Waals surface area contributed by atoms with Gasteiger partial charge in [0.15, 0.2) is 0 Å². The fourth-order valence-corrected chi connectivity index (χ4v) is 1.27. The molecule has 4 nitrogen and oxygen atoms in total. The highest BCUT2D eigenvalue weighted by atomic mass is 19.1. The van der Waals surface area contributed by atoms with E-state index in [9.17, 15) is 14.3 Å². The van der Waals surface area contributed by atoms with Crippen molar-refractivity contribution in [1.29, 1.82) is 0 Å². The van der Waals surface area contributed by atoms with E-state index in [1.165, 1.54) is 19.2 Å². The van der Waals surface area contributed by atoms with Gasteiger partial charge in [0, 0.05) is 19.2 Å². The summed E-state index contributed by atoms with van der Waals surface area (Å²) in [7, 11) is 1.53. The molecule has 0 spiro atoms. The molecule has 0 fully saturated rings. The lowest BCUT2D eigenvalue weighted by atomic mass is 10.1. The Bertz CT molecular complexity index is 358. The number of rotatable bonds is 5. The zero-order valence-corrected chi connectivity index (χ0v) is 9.03. The van der Waals surface area contributed by atoms with Gasteiger partial charge in [0.1, 0.15) is 5.82 Å². The van der Waals surface area contributed by atoms with Gasteiger partial charge in [-0.3, -0.25) is 4.79 Å². The van der Waals surface area contributed by atoms with Gasteiger partial charge in [0.05, 0.1) is 12.6 Å². The lowest BCUT2D eigenvalue weighted by Crippen LogP contribution is -2.33. The third-order valence-electron chi connectivity index (χ3n) is 2.17. The van der Waals surface area contributed by atoms with Gasteiger partial charge < -0.3 is 15.7 Å². The molecule has 0 aliphatic heterocycles. The first-order chi connectivity index (χ1) is 7.65. The van der Waals surface area contributed by atoms with Crippen molar-refractivity contribution in [2.24, 2.45) is 0 Å². The summed E-state index contributed by atoms with van der Waals surface area (Å²) in [5, 5.41) is 14.8. The number of hydrogen-bond donors (Lipinski definition) is 3. The SMILES string of the molecule is CNC(=O)CNCC(O)c1ccccc1F. The lowest BCUT2D eigenvalue weighted by molar-refractivity contribution is -0.119. The quantitative estimate of drug-likeness (QED) is 0.672. The number of benzene rings is 1. The Morgan fingerprint density at radius 2 is 2.19 bits per heavy atom. The van der Waals surface area contributed by atoms with Crippen molar-refractivity contribution in [1.82, 2.24) is 10.6 Å². The molecule has 1 rings (SSSR count). The van der Waals surface area contributed by atoms with Gasteiger partial charge >= 0.3 is 0 Å². The van der Waals surface area contributed by atoms with Crippen molar-refractivity contribution in [3.63, 3.8) is 0 Å². The minimum absolute atomic E-state index is 0.0992. The van der Waals surface area contributed by atoms with Crippen LogP contribution in [0.2, 0.25) is 0 Å². The van der Waals surface area contributed by atoms with E-state index in [2.05, 4.69) is 10.6 Å². The fraction of sp³-hybridized carbons (Fsp3) is 0.364. The highest BCUT2D eigenvalue weighted by Gasteiger charge is 2.11. The molecule has 1 unspecified atom stereocenters. The van der Waals surface area contributed by atoms with Crippen molar-refractivity contribution < 1.29 is 14.3 Å². The van der Waals surface area contributed by atoms with Crippen LogP contribution >= 0.6 is 0 Å². The van der Waals surface area contributed by atoms with E-state index in [1.807, 2.05) is 0 Å². The first kappa shape index (κ1) is 12.6. The number of likely N-dealkylation sites (N-methyl/N-ethyl adjacent to an activating group) is 1. The van der Waals surface area contributed by atoms with E-state index >= 15 is 0 Å². The second-order valence-electron chi connectivity index (χ2n) is 3.34. The van der Waals surface area contributed by atoms with Crippen LogP contribution in [0.15, 0.2) is 24.3 Å². The Morgan fingerprint density at radius 1 is 1.50 bits per heavy atom. The average Bonchev–Trinajstić information content (AvgIpc) is 2.29. The molecule has 0 aromatic heterocycles. The lowest BCUT2D eigenvalue weighted by Gasteiger charge is -2.12. The predicted molar refractivity (Wildman–Crippen MR) is 58.3 cm³/mol. The monoisotopic (exact) mass is 226 g/mol. The fourth-order valence-electron chi connectivity index (χ4n) is 1.27. The molecule has 0 saturated carbocycles. The van der Waals surface area contributed by atoms with Crippen LogP contribution in [0.1, 0.15) is 11.7 Å². The van der Waals surface area contributed by atoms with Crippen LogP contribution in [0.5, 0.6) is 0 Å². The first-order valence-electron chi connectivity index (χ1n) is 4.99. The molecule has 88 valence electrons. The number of aliphatic hydroxyl groups excluding tert-OH is 1. The largest absolute Gasteiger partial charge is 0.387 e. The molecule has 5 heteroatoms. The predicted octanol–water partition coefficient (Wildman–Crippen LogP) is 0.195. The highest BCUT2D eigenvalue weighted by molar-refractivity contribution is 5.77. The maximum atomic E-state index is 13.2. The van der Waals surface area contributed by atoms with Crippen molar-refractivity contribution in [3.05, 3.63) is 35.6 Å². The van der Waals surface area contributed by atoms with Crippen LogP contribution in [0.4, 0.5) is 4.39 Å². The third kappa shape index (κ3) is 3.60. The molecule has 0 aliphatic carbocycles. The number of amides is 1. The summed E-state index contributed by atoms with van der Waals surface area (Å²) in [5.41, 5.74) is 0.229. The molecule has 1 amide bonds. The molecule has 3 N–H and O–H groups in total. The summed E-state index contributed by atoms with van der Waals surface area (Å²) in [6.07, 6.45) is -0.953. The number of carbonyl (C=O) groups excluding carboxylic acids is 1. The normalized spacial score (nSPS) is 12.2. The van der Waals surface area contributed by atoms with E-state index in [0.29, 0.717) is 0 Å². The standard InChI is InChI=1S/C11H15FN2O2/c1-13-11(16)7-14-6-10(15)8-4-2-3-5-9(8)12/h2-5,10,14-15H,6-7H2,1H3,(H,13,16). The minimum atomic E-state index is -0.953. The van der Waals surface area contributed by atoms with Crippen molar-refractivity contribution >= 4 is 5.91 Å². The first-order valence-corrected chi connectivity index (χ1v) is 4.99. The molecule has 0 radical (unpaired) electrons. The summed E-state index contributed by atoms with van der Waals surface area (Å²) in [4.78, 5) is 10.9. The number of aliphatic hydroxyl groups is 1. The zero-order valence-electron chi connectivity index (χ0n) is 9.03. The van der Waals surface area contributed by atoms with Gasteiger partial charge in [-0.05, 0) is 6.07 Å². The molecule has 0 bridgehead atoms. The van der Waals surface area contributed by atoms with Crippen LogP contribution in [0, 0.1) is 5.82 Å². The summed E-state index contributed by atoms with van der Waals surface area (Å²) >= 11 is 0. The number of nitrogens with one attached hydrogen (secondary N) is 2. The summed E-state index contributed by atoms with van der Waals surface area (Å²) in [6.45, 7) is 0.233. The smallest absolute Gasteiger partial charge is 0.233 e. The van der Waals surface area contributed by atoms with Gasteiger partial charge in [0.2, 0.25) is 5.91 Å². The third-order valence-corrected chi connectivity index (χ3v) is 2.17. The van der Waals surface area contributed by atoms with Crippen LogP contribution in [0.3, 0.4) is 0 Å². The molecule has 16 heavy (non-hydrogen) atoms. The van der Waals surface area contributed by atoms with E-state index in [-0.39, 0.29) is 24.6 Å². The van der Waals surface area contributed by atoms with Gasteiger partial charge in [-0.2, -0.15) is 0 Å². The topological polar surface area (TPSA) is 61.4 Å². The molecular formula is C11H15FN2O2. The molecule has 0 aliphatic rings. The van der Waals surface area contributed by atoms with Gasteiger partial charge in [-0.15, -0.1) is 0 Å². The number of carbonyl (C=O) groups is 1. The average molecular weight is 226 g/mol. The van der Waals surface area contributed by atoms with Crippen LogP contribution in [-0.2, 0) is 4.79 Å². The van der Waals surface area contributed by atoms with E-state index in [4.69, 9.17) is 0 Å². The molecular weight excluding hydrogens is 211 g/mol. The molecule has 1 atom stereocenters. The zero-order chi connectivity index (χ0) is 12.0. The molecule has 1 aromatic carbocycles. The van der Waals surface area contributed by atoms with E-state index in [1.54, 1.807) is 12.1 Å². The van der Waals surface area contributed by atoms with Crippen LogP contribution in [-0.4, -0.2) is 31.2 Å². The Hall–Kier alpha value is -1.46. The molecule has 1 aromatic rings. The van der Waals surface area contributed by atoms with Gasteiger partial charge in [0.25, 0.3) is 0 Å². The van der Waals surface area contributed by atoms with Crippen molar-refractivity contribution in [2.75, 3.05) is 20.1 Å². The Labute approximate surface area is 93.5 Å². The highest BCUT2D eigenvalue weighted by Crippen LogP contribution is 2.15. The number of hydrogen-bond acceptors (Lipinski definition) is 3. The maximum Gasteiger partial charge on any atom is 0.233 e. The molecule has 0 saturated heterocycles. The summed E-state index contributed by atoms with van der Waals surface area (Å²) in [6, 6.07) is 6.02. The Morgan fingerprint density at radius 3 is 2.81 bits per heavy atom. The second-order valence-corrected chi connectivity index (χ2v) is 3.34. The van der Waals surface area contributed by atoms with Gasteiger partial charge in [-0.1, -0.05) is 18.2 Å². The number of halogens is 1. The van der Waals surface area contributed by atoms with E-state index < -0.39 is 11.9 Å².